The minimum atomic E-state index is -3.50. The average Bonchev–Trinajstić information content (AvgIpc) is 2.61. The summed E-state index contributed by atoms with van der Waals surface area (Å²) in [5.41, 5.74) is 1.59. The van der Waals surface area contributed by atoms with E-state index >= 15 is 0 Å². The first-order valence-corrected chi connectivity index (χ1v) is 9.59. The number of aryl methyl sites for hydroxylation is 1. The van der Waals surface area contributed by atoms with Crippen molar-refractivity contribution in [1.82, 2.24) is 4.72 Å². The lowest BCUT2D eigenvalue weighted by Crippen LogP contribution is -2.34. The van der Waals surface area contributed by atoms with Gasteiger partial charge in [-0.3, -0.25) is 4.79 Å². The second kappa shape index (κ2) is 9.19. The summed E-state index contributed by atoms with van der Waals surface area (Å²) in [6, 6.07) is 16.6. The molecule has 0 fully saturated rings. The lowest BCUT2D eigenvalue weighted by Gasteiger charge is -2.10. The van der Waals surface area contributed by atoms with Crippen molar-refractivity contribution in [2.45, 2.75) is 12.8 Å². The zero-order valence-electron chi connectivity index (χ0n) is 14.1. The molecule has 2 aromatic carbocycles. The summed E-state index contributed by atoms with van der Waals surface area (Å²) in [6.45, 7) is -0.314. The first-order valence-electron chi connectivity index (χ1n) is 7.94. The Morgan fingerprint density at radius 2 is 1.72 bits per heavy atom. The highest BCUT2D eigenvalue weighted by Crippen LogP contribution is 2.22. The van der Waals surface area contributed by atoms with E-state index in [9.17, 15) is 13.2 Å². The van der Waals surface area contributed by atoms with Gasteiger partial charge in [0.1, 0.15) is 5.75 Å². The fourth-order valence-electron chi connectivity index (χ4n) is 2.30. The molecular formula is C18H22N2O4S. The molecule has 2 aromatic rings. The Labute approximate surface area is 148 Å². The van der Waals surface area contributed by atoms with Crippen molar-refractivity contribution in [1.29, 1.82) is 0 Å². The number of hydrogen-bond acceptors (Lipinski definition) is 4. The monoisotopic (exact) mass is 362 g/mol. The SMILES string of the molecule is COc1ccccc1NC(=O)CNS(=O)(=O)CCCc1ccccc1. The van der Waals surface area contributed by atoms with Gasteiger partial charge in [0.05, 0.1) is 25.1 Å². The van der Waals surface area contributed by atoms with Gasteiger partial charge in [-0.25, -0.2) is 13.1 Å². The number of sulfonamides is 1. The average molecular weight is 362 g/mol. The highest BCUT2D eigenvalue weighted by molar-refractivity contribution is 7.89. The molecule has 2 rings (SSSR count). The first kappa shape index (κ1) is 19.0. The van der Waals surface area contributed by atoms with E-state index in [0.717, 1.165) is 5.56 Å². The molecule has 7 heteroatoms. The number of benzene rings is 2. The number of methoxy groups -OCH3 is 1. The number of rotatable bonds is 9. The summed E-state index contributed by atoms with van der Waals surface area (Å²) >= 11 is 0. The Morgan fingerprint density at radius 1 is 1.04 bits per heavy atom. The van der Waals surface area contributed by atoms with Crippen LogP contribution in [-0.4, -0.2) is 33.7 Å². The molecule has 0 saturated carbocycles. The summed E-state index contributed by atoms with van der Waals surface area (Å²) in [7, 11) is -2.00. The Balaban J connectivity index is 1.77. The van der Waals surface area contributed by atoms with Crippen LogP contribution < -0.4 is 14.8 Å². The maximum atomic E-state index is 12.0. The van der Waals surface area contributed by atoms with E-state index in [0.29, 0.717) is 24.3 Å². The molecule has 0 aliphatic rings. The fraction of sp³-hybridized carbons (Fsp3) is 0.278. The molecule has 0 aromatic heterocycles. The van der Waals surface area contributed by atoms with Crippen LogP contribution in [0, 0.1) is 0 Å². The molecule has 0 atom stereocenters. The van der Waals surface area contributed by atoms with Crippen molar-refractivity contribution >= 4 is 21.6 Å². The third-order valence-corrected chi connectivity index (χ3v) is 4.97. The van der Waals surface area contributed by atoms with Crippen LogP contribution in [0.15, 0.2) is 54.6 Å². The van der Waals surface area contributed by atoms with Gasteiger partial charge < -0.3 is 10.1 Å². The van der Waals surface area contributed by atoms with Gasteiger partial charge in [-0.1, -0.05) is 42.5 Å². The second-order valence-electron chi connectivity index (χ2n) is 5.48. The third kappa shape index (κ3) is 6.56. The van der Waals surface area contributed by atoms with Crippen LogP contribution in [0.3, 0.4) is 0 Å². The van der Waals surface area contributed by atoms with E-state index in [4.69, 9.17) is 4.74 Å². The van der Waals surface area contributed by atoms with Crippen LogP contribution in [0.4, 0.5) is 5.69 Å². The lowest BCUT2D eigenvalue weighted by molar-refractivity contribution is -0.115. The van der Waals surface area contributed by atoms with Gasteiger partial charge in [0.2, 0.25) is 15.9 Å². The Hall–Kier alpha value is -2.38. The smallest absolute Gasteiger partial charge is 0.239 e. The minimum Gasteiger partial charge on any atom is -0.495 e. The molecule has 0 aliphatic heterocycles. The Kier molecular flexibility index (Phi) is 6.97. The van der Waals surface area contributed by atoms with Crippen molar-refractivity contribution in [3.8, 4) is 5.75 Å². The molecule has 0 unspecified atom stereocenters. The van der Waals surface area contributed by atoms with E-state index in [-0.39, 0.29) is 12.3 Å². The van der Waals surface area contributed by atoms with Gasteiger partial charge in [0.25, 0.3) is 0 Å². The molecule has 25 heavy (non-hydrogen) atoms. The highest BCUT2D eigenvalue weighted by atomic mass is 32.2. The fourth-order valence-corrected chi connectivity index (χ4v) is 3.32. The van der Waals surface area contributed by atoms with Crippen LogP contribution in [0.5, 0.6) is 5.75 Å². The second-order valence-corrected chi connectivity index (χ2v) is 7.40. The molecule has 2 N–H and O–H groups in total. The van der Waals surface area contributed by atoms with Crippen LogP contribution in [0.1, 0.15) is 12.0 Å². The molecule has 6 nitrogen and oxygen atoms in total. The zero-order chi connectivity index (χ0) is 18.1. The normalized spacial score (nSPS) is 11.1. The van der Waals surface area contributed by atoms with Crippen molar-refractivity contribution < 1.29 is 17.9 Å². The van der Waals surface area contributed by atoms with Gasteiger partial charge in [-0.15, -0.1) is 0 Å². The van der Waals surface area contributed by atoms with E-state index in [1.54, 1.807) is 24.3 Å². The predicted octanol–water partition coefficient (Wildman–Crippen LogP) is 2.19. The molecule has 0 spiro atoms. The molecule has 0 heterocycles. The number of carbonyl (C=O) groups is 1. The van der Waals surface area contributed by atoms with E-state index < -0.39 is 15.9 Å². The zero-order valence-corrected chi connectivity index (χ0v) is 14.9. The molecular weight excluding hydrogens is 340 g/mol. The van der Waals surface area contributed by atoms with Crippen LogP contribution >= 0.6 is 0 Å². The number of nitrogens with one attached hydrogen (secondary N) is 2. The number of para-hydroxylation sites is 2. The molecule has 0 saturated heterocycles. The molecule has 0 aliphatic carbocycles. The Bertz CT molecular complexity index is 792. The summed E-state index contributed by atoms with van der Waals surface area (Å²) in [4.78, 5) is 11.9. The maximum Gasteiger partial charge on any atom is 0.239 e. The summed E-state index contributed by atoms with van der Waals surface area (Å²) < 4.78 is 31.4. The number of anilines is 1. The Morgan fingerprint density at radius 3 is 2.44 bits per heavy atom. The van der Waals surface area contributed by atoms with Crippen LogP contribution in [0.2, 0.25) is 0 Å². The van der Waals surface area contributed by atoms with Crippen molar-refractivity contribution in [3.05, 3.63) is 60.2 Å². The van der Waals surface area contributed by atoms with Gasteiger partial charge >= 0.3 is 0 Å². The lowest BCUT2D eigenvalue weighted by atomic mass is 10.1. The quantitative estimate of drug-likeness (QED) is 0.716. The summed E-state index contributed by atoms with van der Waals surface area (Å²) in [6.07, 6.45) is 1.17. The maximum absolute atomic E-state index is 12.0. The van der Waals surface area contributed by atoms with Gasteiger partial charge in [0, 0.05) is 0 Å². The van der Waals surface area contributed by atoms with Gasteiger partial charge in [-0.2, -0.15) is 0 Å². The standard InChI is InChI=1S/C18H22N2O4S/c1-24-17-12-6-5-11-16(17)20-18(21)14-19-25(22,23)13-7-10-15-8-3-2-4-9-15/h2-6,8-9,11-12,19H,7,10,13-14H2,1H3,(H,20,21). The predicted molar refractivity (Wildman–Crippen MR) is 98.2 cm³/mol. The van der Waals surface area contributed by atoms with Gasteiger partial charge in [-0.05, 0) is 30.5 Å². The summed E-state index contributed by atoms with van der Waals surface area (Å²) in [5, 5.41) is 2.63. The van der Waals surface area contributed by atoms with Crippen LogP contribution in [0.25, 0.3) is 0 Å². The number of amides is 1. The molecule has 0 radical (unpaired) electrons. The first-order chi connectivity index (χ1) is 12.0. The van der Waals surface area contributed by atoms with Crippen molar-refractivity contribution in [2.75, 3.05) is 24.7 Å². The van der Waals surface area contributed by atoms with Crippen LogP contribution in [-0.2, 0) is 21.2 Å². The van der Waals surface area contributed by atoms with E-state index in [2.05, 4.69) is 10.0 Å². The number of carbonyl (C=O) groups excluding carboxylic acids is 1. The van der Waals surface area contributed by atoms with Gasteiger partial charge in [0.15, 0.2) is 0 Å². The molecule has 1 amide bonds. The molecule has 134 valence electrons. The largest absolute Gasteiger partial charge is 0.495 e. The van der Waals surface area contributed by atoms with E-state index in [1.165, 1.54) is 7.11 Å². The molecule has 0 bridgehead atoms. The summed E-state index contributed by atoms with van der Waals surface area (Å²) in [5.74, 6) is 0.0433. The topological polar surface area (TPSA) is 84.5 Å². The highest BCUT2D eigenvalue weighted by Gasteiger charge is 2.13. The van der Waals surface area contributed by atoms with Crippen molar-refractivity contribution in [3.63, 3.8) is 0 Å². The third-order valence-electron chi connectivity index (χ3n) is 3.56. The number of ether oxygens (including phenoxy) is 1. The number of hydrogen-bond donors (Lipinski definition) is 2. The van der Waals surface area contributed by atoms with Crippen molar-refractivity contribution in [2.24, 2.45) is 0 Å². The van der Waals surface area contributed by atoms with E-state index in [1.807, 2.05) is 30.3 Å². The minimum absolute atomic E-state index is 0.0240.